The highest BCUT2D eigenvalue weighted by Gasteiger charge is 1.97. The summed E-state index contributed by atoms with van der Waals surface area (Å²) in [4.78, 5) is 11.0. The summed E-state index contributed by atoms with van der Waals surface area (Å²) < 4.78 is 0. The molecule has 0 aliphatic rings. The molecular formula is C16H21NO. The standard InChI is InChI=1S/C16H21NO/c1-4-16(18)17-10-6-9-14-7-5-8-15(12-14)11-13(2)3/h5,7-8,12-13H,4,10-11H2,1-3H3,(H,17,18). The van der Waals surface area contributed by atoms with E-state index in [9.17, 15) is 4.79 Å². The topological polar surface area (TPSA) is 29.1 Å². The van der Waals surface area contributed by atoms with Crippen molar-refractivity contribution in [3.63, 3.8) is 0 Å². The summed E-state index contributed by atoms with van der Waals surface area (Å²) in [5.74, 6) is 6.73. The minimum atomic E-state index is 0.0397. The molecule has 1 aromatic rings. The molecule has 0 fully saturated rings. The fourth-order valence-electron chi connectivity index (χ4n) is 1.66. The zero-order chi connectivity index (χ0) is 13.4. The Morgan fingerprint density at radius 3 is 2.83 bits per heavy atom. The van der Waals surface area contributed by atoms with Gasteiger partial charge in [0.15, 0.2) is 0 Å². The molecule has 0 saturated heterocycles. The molecule has 2 nitrogen and oxygen atoms in total. The number of amides is 1. The van der Waals surface area contributed by atoms with Crippen LogP contribution in [0.1, 0.15) is 38.3 Å². The van der Waals surface area contributed by atoms with Gasteiger partial charge in [0.1, 0.15) is 0 Å². The molecule has 0 aliphatic heterocycles. The maximum atomic E-state index is 11.0. The van der Waals surface area contributed by atoms with E-state index in [1.165, 1.54) is 5.56 Å². The number of nitrogens with one attached hydrogen (secondary N) is 1. The molecule has 0 saturated carbocycles. The Balaban J connectivity index is 2.56. The lowest BCUT2D eigenvalue weighted by molar-refractivity contribution is -0.120. The van der Waals surface area contributed by atoms with Crippen LogP contribution in [-0.4, -0.2) is 12.5 Å². The summed E-state index contributed by atoms with van der Waals surface area (Å²) in [6.07, 6.45) is 1.58. The molecule has 18 heavy (non-hydrogen) atoms. The second-order valence-corrected chi connectivity index (χ2v) is 4.73. The van der Waals surface area contributed by atoms with E-state index in [2.05, 4.69) is 43.1 Å². The normalized spacial score (nSPS) is 9.78. The van der Waals surface area contributed by atoms with Crippen LogP contribution in [0, 0.1) is 17.8 Å². The molecule has 2 heteroatoms. The maximum Gasteiger partial charge on any atom is 0.220 e. The molecule has 0 unspecified atom stereocenters. The quantitative estimate of drug-likeness (QED) is 0.809. The first kappa shape index (κ1) is 14.3. The van der Waals surface area contributed by atoms with E-state index in [0.29, 0.717) is 18.9 Å². The zero-order valence-electron chi connectivity index (χ0n) is 11.4. The van der Waals surface area contributed by atoms with Gasteiger partial charge in [-0.25, -0.2) is 0 Å². The van der Waals surface area contributed by atoms with Gasteiger partial charge in [-0.05, 0) is 30.0 Å². The average molecular weight is 243 g/mol. The number of hydrogen-bond donors (Lipinski definition) is 1. The molecule has 0 bridgehead atoms. The van der Waals surface area contributed by atoms with Crippen LogP contribution in [0.5, 0.6) is 0 Å². The SMILES string of the molecule is CCC(=O)NCC#Cc1cccc(CC(C)C)c1. The number of carbonyl (C=O) groups is 1. The van der Waals surface area contributed by atoms with Gasteiger partial charge >= 0.3 is 0 Å². The van der Waals surface area contributed by atoms with Crippen molar-refractivity contribution in [1.82, 2.24) is 5.32 Å². The monoisotopic (exact) mass is 243 g/mol. The van der Waals surface area contributed by atoms with Crippen molar-refractivity contribution < 1.29 is 4.79 Å². The van der Waals surface area contributed by atoms with E-state index >= 15 is 0 Å². The minimum Gasteiger partial charge on any atom is -0.345 e. The van der Waals surface area contributed by atoms with Gasteiger partial charge in [0, 0.05) is 12.0 Å². The molecule has 0 radical (unpaired) electrons. The summed E-state index contributed by atoms with van der Waals surface area (Å²) in [7, 11) is 0. The Morgan fingerprint density at radius 1 is 1.39 bits per heavy atom. The molecule has 0 aliphatic carbocycles. The third kappa shape index (κ3) is 5.54. The third-order valence-electron chi connectivity index (χ3n) is 2.50. The Morgan fingerprint density at radius 2 is 2.17 bits per heavy atom. The zero-order valence-corrected chi connectivity index (χ0v) is 11.4. The maximum absolute atomic E-state index is 11.0. The van der Waals surface area contributed by atoms with Crippen molar-refractivity contribution in [1.29, 1.82) is 0 Å². The fourth-order valence-corrected chi connectivity index (χ4v) is 1.66. The first-order valence-corrected chi connectivity index (χ1v) is 6.46. The van der Waals surface area contributed by atoms with Gasteiger partial charge < -0.3 is 5.32 Å². The Hall–Kier alpha value is -1.75. The summed E-state index contributed by atoms with van der Waals surface area (Å²) in [5, 5.41) is 2.74. The summed E-state index contributed by atoms with van der Waals surface area (Å²) in [5.41, 5.74) is 2.33. The molecular weight excluding hydrogens is 222 g/mol. The van der Waals surface area contributed by atoms with Gasteiger partial charge in [0.2, 0.25) is 5.91 Å². The Kier molecular flexibility index (Phi) is 6.00. The lowest BCUT2D eigenvalue weighted by Crippen LogP contribution is -2.22. The van der Waals surface area contributed by atoms with Crippen LogP contribution in [0.4, 0.5) is 0 Å². The van der Waals surface area contributed by atoms with Crippen molar-refractivity contribution in [2.24, 2.45) is 5.92 Å². The van der Waals surface area contributed by atoms with Crippen molar-refractivity contribution in [3.05, 3.63) is 35.4 Å². The molecule has 1 amide bonds. The van der Waals surface area contributed by atoms with Gasteiger partial charge in [-0.2, -0.15) is 0 Å². The number of hydrogen-bond acceptors (Lipinski definition) is 1. The van der Waals surface area contributed by atoms with Gasteiger partial charge in [-0.3, -0.25) is 4.79 Å². The summed E-state index contributed by atoms with van der Waals surface area (Å²) in [6, 6.07) is 8.28. The van der Waals surface area contributed by atoms with Crippen LogP contribution in [0.2, 0.25) is 0 Å². The summed E-state index contributed by atoms with van der Waals surface area (Å²) >= 11 is 0. The largest absolute Gasteiger partial charge is 0.345 e. The van der Waals surface area contributed by atoms with Crippen molar-refractivity contribution in [2.45, 2.75) is 33.6 Å². The van der Waals surface area contributed by atoms with Crippen LogP contribution in [-0.2, 0) is 11.2 Å². The summed E-state index contributed by atoms with van der Waals surface area (Å²) in [6.45, 7) is 6.66. The van der Waals surface area contributed by atoms with Crippen molar-refractivity contribution in [3.8, 4) is 11.8 Å². The Labute approximate surface area is 110 Å². The van der Waals surface area contributed by atoms with Crippen LogP contribution in [0.3, 0.4) is 0 Å². The molecule has 0 spiro atoms. The third-order valence-corrected chi connectivity index (χ3v) is 2.50. The minimum absolute atomic E-state index is 0.0397. The molecule has 1 rings (SSSR count). The number of carbonyl (C=O) groups excluding carboxylic acids is 1. The lowest BCUT2D eigenvalue weighted by atomic mass is 10.0. The van der Waals surface area contributed by atoms with Gasteiger partial charge in [-0.15, -0.1) is 0 Å². The van der Waals surface area contributed by atoms with Gasteiger partial charge in [0.25, 0.3) is 0 Å². The molecule has 1 N–H and O–H groups in total. The van der Waals surface area contributed by atoms with Crippen molar-refractivity contribution >= 4 is 5.91 Å². The predicted molar refractivity (Wildman–Crippen MR) is 75.2 cm³/mol. The highest BCUT2D eigenvalue weighted by atomic mass is 16.1. The van der Waals surface area contributed by atoms with Crippen LogP contribution in [0.25, 0.3) is 0 Å². The number of rotatable bonds is 4. The second-order valence-electron chi connectivity index (χ2n) is 4.73. The lowest BCUT2D eigenvalue weighted by Gasteiger charge is -2.04. The smallest absolute Gasteiger partial charge is 0.220 e. The molecule has 0 aromatic heterocycles. The first-order chi connectivity index (χ1) is 8.61. The van der Waals surface area contributed by atoms with Crippen LogP contribution < -0.4 is 5.32 Å². The molecule has 1 aromatic carbocycles. The van der Waals surface area contributed by atoms with Crippen molar-refractivity contribution in [2.75, 3.05) is 6.54 Å². The predicted octanol–water partition coefficient (Wildman–Crippen LogP) is 2.76. The first-order valence-electron chi connectivity index (χ1n) is 6.46. The van der Waals surface area contributed by atoms with Crippen LogP contribution >= 0.6 is 0 Å². The molecule has 0 atom stereocenters. The van der Waals surface area contributed by atoms with E-state index < -0.39 is 0 Å². The second kappa shape index (κ2) is 7.55. The molecule has 0 heterocycles. The Bertz CT molecular complexity index is 452. The number of benzene rings is 1. The highest BCUT2D eigenvalue weighted by molar-refractivity contribution is 5.75. The van der Waals surface area contributed by atoms with Gasteiger partial charge in [-0.1, -0.05) is 44.7 Å². The van der Waals surface area contributed by atoms with E-state index in [4.69, 9.17) is 0 Å². The molecule has 96 valence electrons. The highest BCUT2D eigenvalue weighted by Crippen LogP contribution is 2.09. The average Bonchev–Trinajstić information content (AvgIpc) is 2.34. The van der Waals surface area contributed by atoms with E-state index in [-0.39, 0.29) is 5.91 Å². The van der Waals surface area contributed by atoms with Gasteiger partial charge in [0.05, 0.1) is 6.54 Å². The van der Waals surface area contributed by atoms with E-state index in [1.54, 1.807) is 0 Å². The van der Waals surface area contributed by atoms with E-state index in [1.807, 2.05) is 19.1 Å². The van der Waals surface area contributed by atoms with Crippen LogP contribution in [0.15, 0.2) is 24.3 Å². The fraction of sp³-hybridized carbons (Fsp3) is 0.438. The van der Waals surface area contributed by atoms with E-state index in [0.717, 1.165) is 12.0 Å².